The van der Waals surface area contributed by atoms with E-state index in [-0.39, 0.29) is 17.1 Å². The minimum Gasteiger partial charge on any atom is -0.464 e. The number of aliphatic hydroxyl groups excluding tert-OH is 1. The first-order valence-corrected chi connectivity index (χ1v) is 9.68. The van der Waals surface area contributed by atoms with Crippen LogP contribution in [0.25, 0.3) is 10.4 Å². The van der Waals surface area contributed by atoms with Gasteiger partial charge in [0.15, 0.2) is 5.69 Å². The predicted octanol–water partition coefficient (Wildman–Crippen LogP) is 2.90. The van der Waals surface area contributed by atoms with Crippen molar-refractivity contribution in [2.24, 2.45) is 5.73 Å². The third kappa shape index (κ3) is 4.78. The molecule has 0 radical (unpaired) electrons. The highest BCUT2D eigenvalue weighted by atomic mass is 32.1. The number of aliphatic hydroxyl groups is 1. The first-order chi connectivity index (χ1) is 14.3. The number of aromatic nitrogens is 2. The van der Waals surface area contributed by atoms with Crippen molar-refractivity contribution in [1.82, 2.24) is 9.97 Å². The zero-order valence-corrected chi connectivity index (χ0v) is 17.0. The molecule has 4 N–H and O–H groups in total. The standard InChI is InChI=1S/C20H19FN4O4S/c1-10(26)5-11-3-4-12(14(21)6-11)16-7-13(18(22)27)19(30-16)25-17-9-23-15(8-24-17)20(28)29-2/h3-4,6-10,26H,5H2,1-2H3,(H2,22,27)(H,24,25). The van der Waals surface area contributed by atoms with E-state index in [2.05, 4.69) is 20.0 Å². The van der Waals surface area contributed by atoms with Crippen LogP contribution in [0.4, 0.5) is 15.2 Å². The van der Waals surface area contributed by atoms with E-state index in [4.69, 9.17) is 5.73 Å². The summed E-state index contributed by atoms with van der Waals surface area (Å²) in [4.78, 5) is 31.8. The maximum atomic E-state index is 14.6. The number of nitrogens with two attached hydrogens (primary N) is 1. The van der Waals surface area contributed by atoms with Gasteiger partial charge in [-0.1, -0.05) is 12.1 Å². The molecule has 0 bridgehead atoms. The molecule has 0 aliphatic rings. The van der Waals surface area contributed by atoms with E-state index in [1.165, 1.54) is 31.6 Å². The molecule has 3 rings (SSSR count). The third-order valence-electron chi connectivity index (χ3n) is 4.12. The Kier molecular flexibility index (Phi) is 6.38. The number of nitrogens with one attached hydrogen (secondary N) is 1. The highest BCUT2D eigenvalue weighted by Gasteiger charge is 2.18. The van der Waals surface area contributed by atoms with Crippen LogP contribution < -0.4 is 11.1 Å². The lowest BCUT2D eigenvalue weighted by molar-refractivity contribution is 0.0593. The van der Waals surface area contributed by atoms with Gasteiger partial charge in [0, 0.05) is 10.4 Å². The Bertz CT molecular complexity index is 1080. The van der Waals surface area contributed by atoms with Gasteiger partial charge in [0.1, 0.15) is 16.6 Å². The van der Waals surface area contributed by atoms with Crippen molar-refractivity contribution in [1.29, 1.82) is 0 Å². The van der Waals surface area contributed by atoms with Crippen LogP contribution in [0.3, 0.4) is 0 Å². The van der Waals surface area contributed by atoms with E-state index in [0.717, 1.165) is 11.3 Å². The molecule has 0 aliphatic heterocycles. The van der Waals surface area contributed by atoms with Crippen LogP contribution in [-0.2, 0) is 11.2 Å². The van der Waals surface area contributed by atoms with Crippen molar-refractivity contribution in [2.75, 3.05) is 12.4 Å². The number of benzene rings is 1. The van der Waals surface area contributed by atoms with Gasteiger partial charge in [-0.15, -0.1) is 11.3 Å². The topological polar surface area (TPSA) is 127 Å². The summed E-state index contributed by atoms with van der Waals surface area (Å²) in [7, 11) is 1.23. The number of rotatable bonds is 7. The van der Waals surface area contributed by atoms with Gasteiger partial charge in [0.2, 0.25) is 0 Å². The van der Waals surface area contributed by atoms with E-state index in [1.807, 2.05) is 0 Å². The summed E-state index contributed by atoms with van der Waals surface area (Å²) in [6.45, 7) is 1.63. The number of esters is 1. The molecule has 1 atom stereocenters. The summed E-state index contributed by atoms with van der Waals surface area (Å²) in [5.74, 6) is -1.52. The van der Waals surface area contributed by atoms with Crippen molar-refractivity contribution in [2.45, 2.75) is 19.4 Å². The van der Waals surface area contributed by atoms with E-state index >= 15 is 0 Å². The highest BCUT2D eigenvalue weighted by Crippen LogP contribution is 2.38. The summed E-state index contributed by atoms with van der Waals surface area (Å²) in [5.41, 5.74) is 6.63. The van der Waals surface area contributed by atoms with Crippen LogP contribution in [0.1, 0.15) is 33.3 Å². The molecule has 3 aromatic rings. The van der Waals surface area contributed by atoms with Gasteiger partial charge in [-0.3, -0.25) is 4.79 Å². The summed E-state index contributed by atoms with van der Waals surface area (Å²) >= 11 is 1.12. The molecule has 0 aliphatic carbocycles. The normalized spacial score (nSPS) is 11.7. The number of primary amides is 1. The Morgan fingerprint density at radius 3 is 2.63 bits per heavy atom. The van der Waals surface area contributed by atoms with Crippen molar-refractivity contribution >= 4 is 34.0 Å². The second-order valence-electron chi connectivity index (χ2n) is 6.49. The number of hydrogen-bond donors (Lipinski definition) is 3. The van der Waals surface area contributed by atoms with Gasteiger partial charge in [-0.05, 0) is 31.0 Å². The third-order valence-corrected chi connectivity index (χ3v) is 5.20. The zero-order chi connectivity index (χ0) is 21.8. The maximum absolute atomic E-state index is 14.6. The number of methoxy groups -OCH3 is 1. The average molecular weight is 430 g/mol. The number of amides is 1. The fourth-order valence-electron chi connectivity index (χ4n) is 2.75. The number of hydrogen-bond acceptors (Lipinski definition) is 8. The molecule has 156 valence electrons. The second kappa shape index (κ2) is 8.97. The predicted molar refractivity (Wildman–Crippen MR) is 110 cm³/mol. The molecule has 2 aromatic heterocycles. The molecule has 8 nitrogen and oxygen atoms in total. The fourth-order valence-corrected chi connectivity index (χ4v) is 3.84. The lowest BCUT2D eigenvalue weighted by Gasteiger charge is -2.07. The SMILES string of the molecule is COC(=O)c1cnc(Nc2sc(-c3ccc(CC(C)O)cc3F)cc2C(N)=O)cn1. The monoisotopic (exact) mass is 430 g/mol. The number of halogens is 1. The van der Waals surface area contributed by atoms with Gasteiger partial charge in [-0.2, -0.15) is 0 Å². The van der Waals surface area contributed by atoms with E-state index in [0.29, 0.717) is 27.4 Å². The number of carbonyl (C=O) groups is 2. The Morgan fingerprint density at radius 2 is 2.07 bits per heavy atom. The van der Waals surface area contributed by atoms with Crippen LogP contribution in [0.5, 0.6) is 0 Å². The van der Waals surface area contributed by atoms with Crippen LogP contribution >= 0.6 is 11.3 Å². The number of anilines is 2. The number of carbonyl (C=O) groups excluding carboxylic acids is 2. The summed E-state index contributed by atoms with van der Waals surface area (Å²) < 4.78 is 19.2. The van der Waals surface area contributed by atoms with Gasteiger partial charge in [0.05, 0.1) is 31.2 Å². The highest BCUT2D eigenvalue weighted by molar-refractivity contribution is 7.19. The molecule has 10 heteroatoms. The molecule has 0 spiro atoms. The van der Waals surface area contributed by atoms with Gasteiger partial charge >= 0.3 is 5.97 Å². The Morgan fingerprint density at radius 1 is 1.30 bits per heavy atom. The minimum absolute atomic E-state index is 0.0319. The molecular weight excluding hydrogens is 411 g/mol. The molecule has 2 heterocycles. The first kappa shape index (κ1) is 21.3. The number of ether oxygens (including phenoxy) is 1. The Labute approximate surface area is 175 Å². The number of thiophene rings is 1. The molecule has 1 aromatic carbocycles. The van der Waals surface area contributed by atoms with Crippen molar-refractivity contribution in [3.05, 3.63) is 59.3 Å². The van der Waals surface area contributed by atoms with E-state index < -0.39 is 23.8 Å². The van der Waals surface area contributed by atoms with E-state index in [9.17, 15) is 19.1 Å². The van der Waals surface area contributed by atoms with Gasteiger partial charge < -0.3 is 20.9 Å². The smallest absolute Gasteiger partial charge is 0.358 e. The van der Waals surface area contributed by atoms with Crippen molar-refractivity contribution in [3.63, 3.8) is 0 Å². The quantitative estimate of drug-likeness (QED) is 0.492. The van der Waals surface area contributed by atoms with Crippen molar-refractivity contribution in [3.8, 4) is 10.4 Å². The summed E-state index contributed by atoms with van der Waals surface area (Å²) in [6, 6.07) is 6.17. The first-order valence-electron chi connectivity index (χ1n) is 8.86. The summed E-state index contributed by atoms with van der Waals surface area (Å²) in [6.07, 6.45) is 2.29. The maximum Gasteiger partial charge on any atom is 0.358 e. The average Bonchev–Trinajstić information content (AvgIpc) is 3.11. The van der Waals surface area contributed by atoms with E-state index in [1.54, 1.807) is 19.1 Å². The van der Waals surface area contributed by atoms with Crippen LogP contribution in [0, 0.1) is 5.82 Å². The van der Waals surface area contributed by atoms with Crippen LogP contribution in [0.15, 0.2) is 36.7 Å². The zero-order valence-electron chi connectivity index (χ0n) is 16.2. The lowest BCUT2D eigenvalue weighted by atomic mass is 10.0. The minimum atomic E-state index is -0.690. The number of nitrogens with zero attached hydrogens (tertiary/aromatic N) is 2. The lowest BCUT2D eigenvalue weighted by Crippen LogP contribution is -2.12. The Hall–Kier alpha value is -3.37. The molecule has 1 amide bonds. The molecular formula is C20H19FN4O4S. The molecule has 30 heavy (non-hydrogen) atoms. The van der Waals surface area contributed by atoms with Crippen molar-refractivity contribution < 1.29 is 23.8 Å². The van der Waals surface area contributed by atoms with Gasteiger partial charge in [-0.25, -0.2) is 19.2 Å². The Balaban J connectivity index is 1.90. The fraction of sp³-hybridized carbons (Fsp3) is 0.200. The summed E-state index contributed by atoms with van der Waals surface area (Å²) in [5, 5.41) is 12.8. The second-order valence-corrected chi connectivity index (χ2v) is 7.54. The molecule has 1 unspecified atom stereocenters. The largest absolute Gasteiger partial charge is 0.464 e. The molecule has 0 saturated heterocycles. The van der Waals surface area contributed by atoms with Crippen LogP contribution in [-0.4, -0.2) is 40.2 Å². The van der Waals surface area contributed by atoms with Gasteiger partial charge in [0.25, 0.3) is 5.91 Å². The van der Waals surface area contributed by atoms with Crippen LogP contribution in [0.2, 0.25) is 0 Å². The molecule has 0 saturated carbocycles. The molecule has 0 fully saturated rings.